The second kappa shape index (κ2) is 6.77. The summed E-state index contributed by atoms with van der Waals surface area (Å²) < 4.78 is 7.12. The van der Waals surface area contributed by atoms with Gasteiger partial charge in [0.1, 0.15) is 0 Å². The second-order valence-corrected chi connectivity index (χ2v) is 5.35. The number of aromatic nitrogens is 2. The van der Waals surface area contributed by atoms with Gasteiger partial charge in [-0.05, 0) is 39.7 Å². The van der Waals surface area contributed by atoms with Gasteiger partial charge in [-0.15, -0.1) is 0 Å². The monoisotopic (exact) mass is 239 g/mol. The summed E-state index contributed by atoms with van der Waals surface area (Å²) in [6.07, 6.45) is 4.07. The molecule has 17 heavy (non-hydrogen) atoms. The van der Waals surface area contributed by atoms with E-state index in [1.165, 1.54) is 5.69 Å². The molecule has 4 heteroatoms. The van der Waals surface area contributed by atoms with Gasteiger partial charge < -0.3 is 10.1 Å². The summed E-state index contributed by atoms with van der Waals surface area (Å²) >= 11 is 0. The number of nitrogens with one attached hydrogen (secondary N) is 1. The van der Waals surface area contributed by atoms with Crippen LogP contribution in [0.25, 0.3) is 0 Å². The molecule has 0 atom stereocenters. The first-order chi connectivity index (χ1) is 8.03. The lowest BCUT2D eigenvalue weighted by molar-refractivity contribution is 0.190. The van der Waals surface area contributed by atoms with Gasteiger partial charge in [0.25, 0.3) is 0 Å². The molecule has 0 fully saturated rings. The van der Waals surface area contributed by atoms with Gasteiger partial charge in [0, 0.05) is 38.5 Å². The minimum atomic E-state index is 0.144. The van der Waals surface area contributed by atoms with E-state index in [0.29, 0.717) is 0 Å². The number of rotatable bonds is 7. The Morgan fingerprint density at radius 2 is 2.12 bits per heavy atom. The highest BCUT2D eigenvalue weighted by molar-refractivity contribution is 5.00. The van der Waals surface area contributed by atoms with Crippen LogP contribution in [0.1, 0.15) is 39.3 Å². The minimum absolute atomic E-state index is 0.144. The number of hydrogen-bond donors (Lipinski definition) is 1. The summed E-state index contributed by atoms with van der Waals surface area (Å²) in [6.45, 7) is 9.19. The van der Waals surface area contributed by atoms with Crippen molar-refractivity contribution < 1.29 is 4.74 Å². The molecule has 0 aliphatic rings. The van der Waals surface area contributed by atoms with Crippen molar-refractivity contribution in [1.82, 2.24) is 15.1 Å². The van der Waals surface area contributed by atoms with Crippen molar-refractivity contribution in [1.29, 1.82) is 0 Å². The first-order valence-corrected chi connectivity index (χ1v) is 6.27. The van der Waals surface area contributed by atoms with Crippen molar-refractivity contribution in [3.8, 4) is 0 Å². The molecule has 1 N–H and O–H groups in total. The van der Waals surface area contributed by atoms with Crippen LogP contribution in [0, 0.1) is 0 Å². The van der Waals surface area contributed by atoms with E-state index in [4.69, 9.17) is 4.74 Å². The van der Waals surface area contributed by atoms with E-state index in [1.807, 2.05) is 6.20 Å². The van der Waals surface area contributed by atoms with Gasteiger partial charge in [0.05, 0.1) is 5.69 Å². The highest BCUT2D eigenvalue weighted by Gasteiger charge is 2.10. The number of ether oxygens (including phenoxy) is 1. The molecule has 1 aromatic heterocycles. The van der Waals surface area contributed by atoms with E-state index in [0.717, 1.165) is 32.5 Å². The van der Waals surface area contributed by atoms with Crippen molar-refractivity contribution in [2.75, 3.05) is 13.7 Å². The van der Waals surface area contributed by atoms with Crippen LogP contribution >= 0.6 is 0 Å². The number of aryl methyl sites for hydroxylation is 1. The lowest BCUT2D eigenvalue weighted by Crippen LogP contribution is -2.35. The average molecular weight is 239 g/mol. The number of hydrogen-bond acceptors (Lipinski definition) is 3. The lowest BCUT2D eigenvalue weighted by Gasteiger charge is -2.20. The summed E-state index contributed by atoms with van der Waals surface area (Å²) in [5.41, 5.74) is 1.39. The fraction of sp³-hybridized carbons (Fsp3) is 0.769. The quantitative estimate of drug-likeness (QED) is 0.741. The molecule has 1 rings (SSSR count). The van der Waals surface area contributed by atoms with Crippen molar-refractivity contribution in [2.24, 2.45) is 0 Å². The molecule has 4 nitrogen and oxygen atoms in total. The fourth-order valence-corrected chi connectivity index (χ4v) is 1.58. The maximum Gasteiger partial charge on any atom is 0.0522 e. The molecular formula is C13H25N3O. The van der Waals surface area contributed by atoms with E-state index in [-0.39, 0.29) is 5.54 Å². The van der Waals surface area contributed by atoms with Crippen LogP contribution in [0.4, 0.5) is 0 Å². The molecule has 1 aromatic rings. The Kier molecular flexibility index (Phi) is 5.65. The molecule has 0 aliphatic heterocycles. The summed E-state index contributed by atoms with van der Waals surface area (Å²) in [6, 6.07) is 2.08. The van der Waals surface area contributed by atoms with Gasteiger partial charge in [-0.25, -0.2) is 0 Å². The summed E-state index contributed by atoms with van der Waals surface area (Å²) in [5.74, 6) is 0. The summed E-state index contributed by atoms with van der Waals surface area (Å²) in [4.78, 5) is 0. The molecule has 0 spiro atoms. The smallest absolute Gasteiger partial charge is 0.0522 e. The van der Waals surface area contributed by atoms with Gasteiger partial charge in [-0.1, -0.05) is 0 Å². The third-order valence-electron chi connectivity index (χ3n) is 2.57. The van der Waals surface area contributed by atoms with Gasteiger partial charge >= 0.3 is 0 Å². The minimum Gasteiger partial charge on any atom is -0.385 e. The Bertz CT molecular complexity index is 315. The first-order valence-electron chi connectivity index (χ1n) is 6.27. The Labute approximate surface area is 104 Å². The van der Waals surface area contributed by atoms with E-state index < -0.39 is 0 Å². The SMILES string of the molecule is COCCCCn1nccc1CNC(C)(C)C. The molecule has 0 aliphatic carbocycles. The summed E-state index contributed by atoms with van der Waals surface area (Å²) in [5, 5.41) is 7.83. The predicted molar refractivity (Wildman–Crippen MR) is 69.9 cm³/mol. The van der Waals surface area contributed by atoms with Gasteiger partial charge in [0.15, 0.2) is 0 Å². The van der Waals surface area contributed by atoms with Crippen LogP contribution in [0.5, 0.6) is 0 Å². The highest BCUT2D eigenvalue weighted by atomic mass is 16.5. The maximum atomic E-state index is 5.04. The van der Waals surface area contributed by atoms with E-state index in [2.05, 4.69) is 41.9 Å². The summed E-state index contributed by atoms with van der Waals surface area (Å²) in [7, 11) is 1.74. The van der Waals surface area contributed by atoms with Crippen LogP contribution in [0.15, 0.2) is 12.3 Å². The molecule has 0 saturated carbocycles. The molecule has 0 unspecified atom stereocenters. The van der Waals surface area contributed by atoms with Crippen molar-refractivity contribution in [3.63, 3.8) is 0 Å². The van der Waals surface area contributed by atoms with E-state index in [9.17, 15) is 0 Å². The van der Waals surface area contributed by atoms with E-state index in [1.54, 1.807) is 7.11 Å². The third-order valence-corrected chi connectivity index (χ3v) is 2.57. The Hall–Kier alpha value is -0.870. The Morgan fingerprint density at radius 3 is 2.76 bits per heavy atom. The molecule has 0 saturated heterocycles. The van der Waals surface area contributed by atoms with Crippen LogP contribution in [0.3, 0.4) is 0 Å². The molecule has 0 amide bonds. The molecule has 0 aromatic carbocycles. The fourth-order valence-electron chi connectivity index (χ4n) is 1.58. The standard InChI is InChI=1S/C13H25N3O/c1-13(2,3)14-11-12-7-8-15-16(12)9-5-6-10-17-4/h7-8,14H,5-6,9-11H2,1-4H3. The largest absolute Gasteiger partial charge is 0.385 e. The van der Waals surface area contributed by atoms with Gasteiger partial charge in [-0.2, -0.15) is 5.10 Å². The second-order valence-electron chi connectivity index (χ2n) is 5.35. The van der Waals surface area contributed by atoms with Crippen LogP contribution in [0.2, 0.25) is 0 Å². The predicted octanol–water partition coefficient (Wildman–Crippen LogP) is 2.20. The topological polar surface area (TPSA) is 39.1 Å². The number of unbranched alkanes of at least 4 members (excludes halogenated alkanes) is 1. The van der Waals surface area contributed by atoms with Crippen LogP contribution in [-0.2, 0) is 17.8 Å². The maximum absolute atomic E-state index is 5.04. The average Bonchev–Trinajstić information content (AvgIpc) is 2.68. The van der Waals surface area contributed by atoms with Crippen molar-refractivity contribution in [2.45, 2.75) is 52.2 Å². The van der Waals surface area contributed by atoms with Gasteiger partial charge in [-0.3, -0.25) is 4.68 Å². The van der Waals surface area contributed by atoms with Crippen molar-refractivity contribution in [3.05, 3.63) is 18.0 Å². The zero-order valence-electron chi connectivity index (χ0n) is 11.5. The number of nitrogens with zero attached hydrogens (tertiary/aromatic N) is 2. The molecular weight excluding hydrogens is 214 g/mol. The van der Waals surface area contributed by atoms with Crippen molar-refractivity contribution >= 4 is 0 Å². The highest BCUT2D eigenvalue weighted by Crippen LogP contribution is 2.05. The van der Waals surface area contributed by atoms with Gasteiger partial charge in [0.2, 0.25) is 0 Å². The molecule has 1 heterocycles. The lowest BCUT2D eigenvalue weighted by atomic mass is 10.1. The number of methoxy groups -OCH3 is 1. The zero-order valence-corrected chi connectivity index (χ0v) is 11.5. The van der Waals surface area contributed by atoms with E-state index >= 15 is 0 Å². The van der Waals surface area contributed by atoms with Crippen LogP contribution in [-0.4, -0.2) is 29.0 Å². The van der Waals surface area contributed by atoms with Crippen LogP contribution < -0.4 is 5.32 Å². The zero-order chi connectivity index (χ0) is 12.7. The normalized spacial score (nSPS) is 12.0. The molecule has 0 radical (unpaired) electrons. The first kappa shape index (κ1) is 14.2. The Balaban J connectivity index is 2.37. The Morgan fingerprint density at radius 1 is 1.35 bits per heavy atom. The third kappa shape index (κ3) is 5.84. The molecule has 0 bridgehead atoms. The molecule has 98 valence electrons.